The highest BCUT2D eigenvalue weighted by atomic mass is 32.2. The first kappa shape index (κ1) is 19.6. The summed E-state index contributed by atoms with van der Waals surface area (Å²) in [6, 6.07) is 3.54. The third-order valence-electron chi connectivity index (χ3n) is 5.17. The molecule has 1 saturated heterocycles. The molecule has 4 heterocycles. The van der Waals surface area contributed by atoms with Crippen LogP contribution in [0.1, 0.15) is 54.1 Å². The Morgan fingerprint density at radius 3 is 2.90 bits per heavy atom. The van der Waals surface area contributed by atoms with Crippen LogP contribution in [0.4, 0.5) is 0 Å². The topological polar surface area (TPSA) is 111 Å². The first-order valence-electron chi connectivity index (χ1n) is 9.65. The van der Waals surface area contributed by atoms with Crippen LogP contribution in [0.5, 0.6) is 0 Å². The number of fused-ring (bicyclic) bond motifs is 1. The highest BCUT2D eigenvalue weighted by Gasteiger charge is 2.32. The minimum atomic E-state index is -3.52. The number of sulfone groups is 1. The van der Waals surface area contributed by atoms with Crippen molar-refractivity contribution in [2.24, 2.45) is 0 Å². The monoisotopic (exact) mass is 417 g/mol. The average molecular weight is 417 g/mol. The number of aromatic nitrogens is 4. The fourth-order valence-corrected chi connectivity index (χ4v) is 4.73. The van der Waals surface area contributed by atoms with E-state index in [1.165, 1.54) is 17.0 Å². The number of rotatable bonds is 5. The van der Waals surface area contributed by atoms with Gasteiger partial charge in [0.2, 0.25) is 0 Å². The Balaban J connectivity index is 1.66. The molecule has 0 spiro atoms. The Bertz CT molecular complexity index is 1150. The van der Waals surface area contributed by atoms with Gasteiger partial charge in [-0.05, 0) is 31.4 Å². The van der Waals surface area contributed by atoms with Crippen LogP contribution in [0.25, 0.3) is 5.78 Å². The summed E-state index contributed by atoms with van der Waals surface area (Å²) in [6.07, 6.45) is 7.05. The third-order valence-corrected chi connectivity index (χ3v) is 6.28. The largest absolute Gasteiger partial charge is 0.456 e. The number of aryl methyl sites for hydroxylation is 1. The summed E-state index contributed by atoms with van der Waals surface area (Å²) in [5, 5.41) is 4.18. The van der Waals surface area contributed by atoms with E-state index < -0.39 is 9.84 Å². The fourth-order valence-electron chi connectivity index (χ4n) is 3.85. The molecule has 0 bridgehead atoms. The summed E-state index contributed by atoms with van der Waals surface area (Å²) in [7, 11) is -3.52. The molecule has 0 unspecified atom stereocenters. The maximum atomic E-state index is 13.0. The van der Waals surface area contributed by atoms with Crippen molar-refractivity contribution in [3.05, 3.63) is 41.9 Å². The van der Waals surface area contributed by atoms with Crippen LogP contribution in [0.3, 0.4) is 0 Å². The van der Waals surface area contributed by atoms with Crippen molar-refractivity contribution < 1.29 is 17.6 Å². The number of hydrogen-bond acceptors (Lipinski definition) is 7. The lowest BCUT2D eigenvalue weighted by Crippen LogP contribution is -2.39. The van der Waals surface area contributed by atoms with Crippen LogP contribution in [0, 0.1) is 0 Å². The van der Waals surface area contributed by atoms with Gasteiger partial charge >= 0.3 is 0 Å². The van der Waals surface area contributed by atoms with Crippen molar-refractivity contribution in [2.45, 2.75) is 43.4 Å². The Morgan fingerprint density at radius 1 is 1.31 bits per heavy atom. The number of nitrogens with zero attached hydrogens (tertiary/aromatic N) is 5. The van der Waals surface area contributed by atoms with Crippen LogP contribution in [0.2, 0.25) is 0 Å². The van der Waals surface area contributed by atoms with E-state index in [0.29, 0.717) is 30.3 Å². The zero-order chi connectivity index (χ0) is 20.6. The summed E-state index contributed by atoms with van der Waals surface area (Å²) >= 11 is 0. The summed E-state index contributed by atoms with van der Waals surface area (Å²) in [6.45, 7) is 3.03. The zero-order valence-corrected chi connectivity index (χ0v) is 17.2. The van der Waals surface area contributed by atoms with Gasteiger partial charge in [-0.1, -0.05) is 6.92 Å². The second kappa shape index (κ2) is 7.58. The van der Waals surface area contributed by atoms with Gasteiger partial charge in [-0.2, -0.15) is 14.6 Å². The molecule has 3 aromatic heterocycles. The predicted molar refractivity (Wildman–Crippen MR) is 104 cm³/mol. The number of amides is 1. The summed E-state index contributed by atoms with van der Waals surface area (Å²) in [5.74, 6) is 1.07. The molecule has 0 aliphatic carbocycles. The quantitative estimate of drug-likeness (QED) is 0.625. The SMILES string of the molecule is CCCc1ccc(C(=O)N2CCC[C@@H](c3c(S(C)(=O)=O)cnc4ncnn34)C2)o1. The number of piperidine rings is 1. The standard InChI is InChI=1S/C19H23N5O4S/c1-3-5-14-7-8-15(28-14)18(25)23-9-4-6-13(11-23)17-16(29(2,26)27)10-20-19-21-12-22-24(17)19/h7-8,10,12-13H,3-6,9,11H2,1-2H3/t13-/m1/s1. The summed E-state index contributed by atoms with van der Waals surface area (Å²) < 4.78 is 31.9. The van der Waals surface area contributed by atoms with E-state index in [0.717, 1.165) is 37.7 Å². The van der Waals surface area contributed by atoms with E-state index in [2.05, 4.69) is 22.0 Å². The minimum Gasteiger partial charge on any atom is -0.456 e. The van der Waals surface area contributed by atoms with Gasteiger partial charge in [0, 0.05) is 31.7 Å². The molecule has 154 valence electrons. The second-order valence-corrected chi connectivity index (χ2v) is 9.34. The Morgan fingerprint density at radius 2 is 2.14 bits per heavy atom. The molecule has 9 nitrogen and oxygen atoms in total. The molecule has 29 heavy (non-hydrogen) atoms. The first-order valence-corrected chi connectivity index (χ1v) is 11.5. The second-order valence-electron chi connectivity index (χ2n) is 7.36. The van der Waals surface area contributed by atoms with Crippen LogP contribution in [-0.2, 0) is 16.3 Å². The highest BCUT2D eigenvalue weighted by Crippen LogP contribution is 2.32. The van der Waals surface area contributed by atoms with Gasteiger partial charge in [-0.3, -0.25) is 4.79 Å². The summed E-state index contributed by atoms with van der Waals surface area (Å²) in [4.78, 5) is 23.0. The van der Waals surface area contributed by atoms with Gasteiger partial charge in [0.05, 0.1) is 11.9 Å². The van der Waals surface area contributed by atoms with Gasteiger partial charge in [-0.15, -0.1) is 0 Å². The van der Waals surface area contributed by atoms with Gasteiger partial charge in [0.1, 0.15) is 17.0 Å². The molecule has 3 aromatic rings. The third kappa shape index (κ3) is 3.76. The number of carbonyl (C=O) groups is 1. The molecule has 4 rings (SSSR count). The predicted octanol–water partition coefficient (Wildman–Crippen LogP) is 2.09. The number of hydrogen-bond donors (Lipinski definition) is 0. The molecular formula is C19H23N5O4S. The Hall–Kier alpha value is -2.75. The highest BCUT2D eigenvalue weighted by molar-refractivity contribution is 7.90. The van der Waals surface area contributed by atoms with Gasteiger partial charge < -0.3 is 9.32 Å². The van der Waals surface area contributed by atoms with Crippen LogP contribution in [-0.4, -0.2) is 58.2 Å². The Kier molecular flexibility index (Phi) is 5.12. The van der Waals surface area contributed by atoms with Gasteiger partial charge in [0.25, 0.3) is 11.7 Å². The number of likely N-dealkylation sites (tertiary alicyclic amines) is 1. The van der Waals surface area contributed by atoms with Crippen molar-refractivity contribution >= 4 is 21.5 Å². The zero-order valence-electron chi connectivity index (χ0n) is 16.4. The molecule has 0 radical (unpaired) electrons. The normalized spacial score (nSPS) is 17.7. The van der Waals surface area contributed by atoms with Crippen molar-refractivity contribution in [2.75, 3.05) is 19.3 Å². The van der Waals surface area contributed by atoms with Crippen LogP contribution in [0.15, 0.2) is 34.0 Å². The van der Waals surface area contributed by atoms with Gasteiger partial charge in [0.15, 0.2) is 15.6 Å². The fraction of sp³-hybridized carbons (Fsp3) is 0.474. The van der Waals surface area contributed by atoms with Gasteiger partial charge in [-0.25, -0.2) is 13.4 Å². The lowest BCUT2D eigenvalue weighted by Gasteiger charge is -2.33. The van der Waals surface area contributed by atoms with E-state index in [1.807, 2.05) is 6.07 Å². The molecule has 1 fully saturated rings. The van der Waals surface area contributed by atoms with E-state index in [-0.39, 0.29) is 16.7 Å². The molecule has 1 aliphatic heterocycles. The van der Waals surface area contributed by atoms with E-state index in [1.54, 1.807) is 11.0 Å². The number of carbonyl (C=O) groups excluding carboxylic acids is 1. The lowest BCUT2D eigenvalue weighted by molar-refractivity contribution is 0.0670. The first-order chi connectivity index (χ1) is 13.9. The molecule has 1 atom stereocenters. The Labute approximate surface area is 168 Å². The molecular weight excluding hydrogens is 394 g/mol. The van der Waals surface area contributed by atoms with Crippen LogP contribution < -0.4 is 0 Å². The van der Waals surface area contributed by atoms with E-state index in [4.69, 9.17) is 4.42 Å². The average Bonchev–Trinajstić information content (AvgIpc) is 3.35. The lowest BCUT2D eigenvalue weighted by atomic mass is 9.94. The van der Waals surface area contributed by atoms with Crippen molar-refractivity contribution in [1.29, 1.82) is 0 Å². The molecule has 10 heteroatoms. The smallest absolute Gasteiger partial charge is 0.289 e. The van der Waals surface area contributed by atoms with E-state index >= 15 is 0 Å². The van der Waals surface area contributed by atoms with E-state index in [9.17, 15) is 13.2 Å². The molecule has 1 aliphatic rings. The molecule has 0 aromatic carbocycles. The molecule has 0 N–H and O–H groups in total. The maximum Gasteiger partial charge on any atom is 0.289 e. The van der Waals surface area contributed by atoms with Crippen molar-refractivity contribution in [3.63, 3.8) is 0 Å². The van der Waals surface area contributed by atoms with Crippen molar-refractivity contribution in [3.8, 4) is 0 Å². The summed E-state index contributed by atoms with van der Waals surface area (Å²) in [5.41, 5.74) is 0.526. The number of furan rings is 1. The maximum absolute atomic E-state index is 13.0. The van der Waals surface area contributed by atoms with Crippen LogP contribution >= 0.6 is 0 Å². The molecule has 1 amide bonds. The van der Waals surface area contributed by atoms with Crippen molar-refractivity contribution in [1.82, 2.24) is 24.5 Å². The minimum absolute atomic E-state index is 0.123. The molecule has 0 saturated carbocycles.